The highest BCUT2D eigenvalue weighted by Gasteiger charge is 2.38. The lowest BCUT2D eigenvalue weighted by Crippen LogP contribution is -2.44. The predicted octanol–water partition coefficient (Wildman–Crippen LogP) is 4.68. The van der Waals surface area contributed by atoms with Gasteiger partial charge < -0.3 is 10.2 Å². The van der Waals surface area contributed by atoms with Gasteiger partial charge in [-0.15, -0.1) is 0 Å². The summed E-state index contributed by atoms with van der Waals surface area (Å²) in [6, 6.07) is 0. The quantitative estimate of drug-likeness (QED) is 0.542. The SMILES string of the molecule is CCCCC(C(O)CC)C(O)(CCCC)CCCC. The highest BCUT2D eigenvalue weighted by Crippen LogP contribution is 2.36. The normalized spacial score (nSPS) is 15.5. The first-order valence-corrected chi connectivity index (χ1v) is 8.46. The van der Waals surface area contributed by atoms with Gasteiger partial charge in [0.2, 0.25) is 0 Å². The maximum atomic E-state index is 11.1. The lowest BCUT2D eigenvalue weighted by Gasteiger charge is -2.39. The van der Waals surface area contributed by atoms with E-state index in [1.165, 1.54) is 0 Å². The van der Waals surface area contributed by atoms with Gasteiger partial charge in [-0.1, -0.05) is 66.2 Å². The number of hydrogen-bond acceptors (Lipinski definition) is 2. The molecule has 0 heterocycles. The van der Waals surface area contributed by atoms with Gasteiger partial charge in [-0.3, -0.25) is 0 Å². The van der Waals surface area contributed by atoms with Crippen molar-refractivity contribution < 1.29 is 10.2 Å². The molecule has 0 fully saturated rings. The van der Waals surface area contributed by atoms with E-state index in [2.05, 4.69) is 20.8 Å². The second kappa shape index (κ2) is 10.7. The van der Waals surface area contributed by atoms with Gasteiger partial charge in [-0.05, 0) is 25.7 Å². The number of unbranched alkanes of at least 4 members (excludes halogenated alkanes) is 3. The zero-order valence-corrected chi connectivity index (χ0v) is 13.6. The second-order valence-electron chi connectivity index (χ2n) is 6.03. The maximum Gasteiger partial charge on any atom is 0.0700 e. The molecule has 0 saturated heterocycles. The zero-order chi connectivity index (χ0) is 14.7. The molecule has 0 aromatic carbocycles. The molecule has 0 bridgehead atoms. The first-order valence-electron chi connectivity index (χ1n) is 8.46. The Kier molecular flexibility index (Phi) is 10.6. The molecule has 0 radical (unpaired) electrons. The van der Waals surface area contributed by atoms with Gasteiger partial charge in [0, 0.05) is 5.92 Å². The summed E-state index contributed by atoms with van der Waals surface area (Å²) in [6.07, 6.45) is 9.58. The van der Waals surface area contributed by atoms with Crippen molar-refractivity contribution in [2.24, 2.45) is 5.92 Å². The Hall–Kier alpha value is -0.0800. The first kappa shape index (κ1) is 18.9. The molecule has 0 aromatic heterocycles. The Morgan fingerprint density at radius 1 is 0.842 bits per heavy atom. The fourth-order valence-electron chi connectivity index (χ4n) is 2.99. The van der Waals surface area contributed by atoms with E-state index in [0.29, 0.717) is 0 Å². The van der Waals surface area contributed by atoms with E-state index >= 15 is 0 Å². The van der Waals surface area contributed by atoms with Crippen LogP contribution in [0.5, 0.6) is 0 Å². The molecule has 0 rings (SSSR count). The molecule has 2 atom stereocenters. The summed E-state index contributed by atoms with van der Waals surface area (Å²) in [5, 5.41) is 21.4. The van der Waals surface area contributed by atoms with Crippen LogP contribution in [0.3, 0.4) is 0 Å². The number of rotatable bonds is 12. The Morgan fingerprint density at radius 3 is 1.68 bits per heavy atom. The average molecular weight is 272 g/mol. The van der Waals surface area contributed by atoms with E-state index in [1.807, 2.05) is 6.92 Å². The summed E-state index contributed by atoms with van der Waals surface area (Å²) < 4.78 is 0. The van der Waals surface area contributed by atoms with Gasteiger partial charge in [0.05, 0.1) is 11.7 Å². The smallest absolute Gasteiger partial charge is 0.0700 e. The summed E-state index contributed by atoms with van der Waals surface area (Å²) in [6.45, 7) is 8.52. The van der Waals surface area contributed by atoms with E-state index in [0.717, 1.165) is 64.2 Å². The number of aliphatic hydroxyl groups excluding tert-OH is 1. The van der Waals surface area contributed by atoms with Gasteiger partial charge in [-0.2, -0.15) is 0 Å². The number of aliphatic hydroxyl groups is 2. The summed E-state index contributed by atoms with van der Waals surface area (Å²) in [7, 11) is 0. The molecule has 0 aliphatic carbocycles. The minimum Gasteiger partial charge on any atom is -0.393 e. The predicted molar refractivity (Wildman–Crippen MR) is 83.3 cm³/mol. The number of hydrogen-bond donors (Lipinski definition) is 2. The van der Waals surface area contributed by atoms with Crippen molar-refractivity contribution in [2.75, 3.05) is 0 Å². The van der Waals surface area contributed by atoms with E-state index in [-0.39, 0.29) is 12.0 Å². The minimum absolute atomic E-state index is 0.0514. The van der Waals surface area contributed by atoms with Crippen LogP contribution in [0.15, 0.2) is 0 Å². The molecule has 0 aromatic rings. The highest BCUT2D eigenvalue weighted by molar-refractivity contribution is 4.90. The van der Waals surface area contributed by atoms with E-state index in [1.54, 1.807) is 0 Å². The lowest BCUT2D eigenvalue weighted by molar-refractivity contribution is -0.0892. The van der Waals surface area contributed by atoms with Crippen LogP contribution >= 0.6 is 0 Å². The van der Waals surface area contributed by atoms with Crippen molar-refractivity contribution in [3.8, 4) is 0 Å². The van der Waals surface area contributed by atoms with Crippen molar-refractivity contribution in [3.05, 3.63) is 0 Å². The Labute approximate surface area is 120 Å². The minimum atomic E-state index is -0.656. The second-order valence-corrected chi connectivity index (χ2v) is 6.03. The zero-order valence-electron chi connectivity index (χ0n) is 13.6. The van der Waals surface area contributed by atoms with Crippen LogP contribution in [-0.2, 0) is 0 Å². The molecule has 2 N–H and O–H groups in total. The third-order valence-corrected chi connectivity index (χ3v) is 4.37. The fraction of sp³-hybridized carbons (Fsp3) is 1.00. The summed E-state index contributed by atoms with van der Waals surface area (Å²) >= 11 is 0. The van der Waals surface area contributed by atoms with Crippen molar-refractivity contribution in [1.82, 2.24) is 0 Å². The molecule has 0 saturated carbocycles. The molecule has 0 aliphatic heterocycles. The summed E-state index contributed by atoms with van der Waals surface area (Å²) in [5.41, 5.74) is -0.656. The van der Waals surface area contributed by atoms with E-state index < -0.39 is 5.60 Å². The third-order valence-electron chi connectivity index (χ3n) is 4.37. The van der Waals surface area contributed by atoms with Gasteiger partial charge in [0.1, 0.15) is 0 Å². The van der Waals surface area contributed by atoms with Crippen LogP contribution in [0.25, 0.3) is 0 Å². The molecule has 0 aliphatic rings. The van der Waals surface area contributed by atoms with Crippen LogP contribution in [-0.4, -0.2) is 21.9 Å². The topological polar surface area (TPSA) is 40.5 Å². The monoisotopic (exact) mass is 272 g/mol. The Balaban J connectivity index is 4.85. The van der Waals surface area contributed by atoms with Gasteiger partial charge in [-0.25, -0.2) is 0 Å². The third kappa shape index (κ3) is 6.76. The largest absolute Gasteiger partial charge is 0.393 e. The van der Waals surface area contributed by atoms with Crippen LogP contribution in [0.1, 0.15) is 91.9 Å². The van der Waals surface area contributed by atoms with Crippen LogP contribution in [0.2, 0.25) is 0 Å². The lowest BCUT2D eigenvalue weighted by atomic mass is 9.73. The Morgan fingerprint density at radius 2 is 1.32 bits per heavy atom. The fourth-order valence-corrected chi connectivity index (χ4v) is 2.99. The maximum absolute atomic E-state index is 11.1. The molecule has 116 valence electrons. The summed E-state index contributed by atoms with van der Waals surface area (Å²) in [4.78, 5) is 0. The molecule has 0 amide bonds. The Bertz CT molecular complexity index is 195. The van der Waals surface area contributed by atoms with Crippen molar-refractivity contribution in [2.45, 2.75) is 104 Å². The van der Waals surface area contributed by atoms with E-state index in [9.17, 15) is 10.2 Å². The van der Waals surface area contributed by atoms with Gasteiger partial charge >= 0.3 is 0 Å². The van der Waals surface area contributed by atoms with Gasteiger partial charge in [0.25, 0.3) is 0 Å². The molecule has 2 nitrogen and oxygen atoms in total. The first-order chi connectivity index (χ1) is 9.05. The van der Waals surface area contributed by atoms with Crippen LogP contribution in [0, 0.1) is 5.92 Å². The molecule has 19 heavy (non-hydrogen) atoms. The van der Waals surface area contributed by atoms with Crippen molar-refractivity contribution in [1.29, 1.82) is 0 Å². The molecule has 0 spiro atoms. The highest BCUT2D eigenvalue weighted by atomic mass is 16.3. The van der Waals surface area contributed by atoms with E-state index in [4.69, 9.17) is 0 Å². The van der Waals surface area contributed by atoms with Crippen molar-refractivity contribution in [3.63, 3.8) is 0 Å². The van der Waals surface area contributed by atoms with Gasteiger partial charge in [0.15, 0.2) is 0 Å². The van der Waals surface area contributed by atoms with Crippen molar-refractivity contribution >= 4 is 0 Å². The molecular weight excluding hydrogens is 236 g/mol. The summed E-state index contributed by atoms with van der Waals surface area (Å²) in [5.74, 6) is 0.0514. The van der Waals surface area contributed by atoms with Crippen LogP contribution < -0.4 is 0 Å². The average Bonchev–Trinajstić information content (AvgIpc) is 2.43. The van der Waals surface area contributed by atoms with Crippen LogP contribution in [0.4, 0.5) is 0 Å². The standard InChI is InChI=1S/C17H36O2/c1-5-9-12-15(16(18)8-4)17(19,13-10-6-2)14-11-7-3/h15-16,18-19H,5-14H2,1-4H3. The molecule has 2 heteroatoms. The molecule has 2 unspecified atom stereocenters. The molecular formula is C17H36O2.